The predicted octanol–water partition coefficient (Wildman–Crippen LogP) is 5.12. The molecule has 0 bridgehead atoms. The first-order valence-corrected chi connectivity index (χ1v) is 8.49. The number of hydrogen-bond donors (Lipinski definition) is 1. The van der Waals surface area contributed by atoms with E-state index in [0.29, 0.717) is 17.9 Å². The van der Waals surface area contributed by atoms with Crippen LogP contribution in [-0.2, 0) is 9.53 Å². The lowest BCUT2D eigenvalue weighted by Crippen LogP contribution is -2.22. The maximum Gasteiger partial charge on any atom is 0.331 e. The standard InChI is InChI=1S/C19H32O3/c1-6-17(18(20)21)16-10-9-15(13-16)12-14(2)8-7-11-19(3,4)22-5/h13-14H,6-12H2,1-5H3,(H,20,21)/b17-16+. The SMILES string of the molecule is CC/C(C(=O)O)=C1\C=C(CC(C)CCCC(C)(C)OC)CC1. The molecule has 0 saturated carbocycles. The van der Waals surface area contributed by atoms with Gasteiger partial charge in [0, 0.05) is 12.7 Å². The topological polar surface area (TPSA) is 46.5 Å². The third-order valence-corrected chi connectivity index (χ3v) is 4.73. The van der Waals surface area contributed by atoms with Crippen LogP contribution >= 0.6 is 0 Å². The lowest BCUT2D eigenvalue weighted by molar-refractivity contribution is -0.132. The molecule has 0 heterocycles. The normalized spacial score (nSPS) is 19.0. The Balaban J connectivity index is 2.49. The Morgan fingerprint density at radius 2 is 2.09 bits per heavy atom. The van der Waals surface area contributed by atoms with Crippen molar-refractivity contribution in [3.05, 3.63) is 22.8 Å². The zero-order valence-electron chi connectivity index (χ0n) is 14.9. The van der Waals surface area contributed by atoms with E-state index in [4.69, 9.17) is 4.74 Å². The molecule has 22 heavy (non-hydrogen) atoms. The van der Waals surface area contributed by atoms with Gasteiger partial charge < -0.3 is 9.84 Å². The molecule has 0 aromatic rings. The number of methoxy groups -OCH3 is 1. The third-order valence-electron chi connectivity index (χ3n) is 4.73. The molecule has 0 aromatic carbocycles. The summed E-state index contributed by atoms with van der Waals surface area (Å²) in [6.45, 7) is 8.47. The second-order valence-electron chi connectivity index (χ2n) is 7.13. The summed E-state index contributed by atoms with van der Waals surface area (Å²) in [5, 5.41) is 9.22. The summed E-state index contributed by atoms with van der Waals surface area (Å²) in [6.07, 6.45) is 9.22. The first kappa shape index (κ1) is 19.0. The highest BCUT2D eigenvalue weighted by Gasteiger charge is 2.19. The van der Waals surface area contributed by atoms with Crippen molar-refractivity contribution >= 4 is 5.97 Å². The molecule has 1 rings (SSSR count). The van der Waals surface area contributed by atoms with E-state index in [1.165, 1.54) is 18.4 Å². The second-order valence-corrected chi connectivity index (χ2v) is 7.13. The van der Waals surface area contributed by atoms with Crippen LogP contribution in [0.1, 0.15) is 72.6 Å². The molecule has 3 nitrogen and oxygen atoms in total. The molecule has 0 aliphatic heterocycles. The molecule has 1 aliphatic carbocycles. The minimum absolute atomic E-state index is 0.0280. The van der Waals surface area contributed by atoms with Crippen LogP contribution in [0.25, 0.3) is 0 Å². The molecule has 0 fully saturated rings. The number of ether oxygens (including phenoxy) is 1. The molecule has 0 saturated heterocycles. The van der Waals surface area contributed by atoms with Crippen molar-refractivity contribution in [1.29, 1.82) is 0 Å². The molecule has 1 aliphatic rings. The van der Waals surface area contributed by atoms with Crippen molar-refractivity contribution in [3.63, 3.8) is 0 Å². The van der Waals surface area contributed by atoms with Crippen LogP contribution in [0.3, 0.4) is 0 Å². The van der Waals surface area contributed by atoms with E-state index in [0.717, 1.165) is 31.3 Å². The lowest BCUT2D eigenvalue weighted by Gasteiger charge is -2.23. The summed E-state index contributed by atoms with van der Waals surface area (Å²) in [5.41, 5.74) is 3.02. The van der Waals surface area contributed by atoms with Crippen LogP contribution in [0.4, 0.5) is 0 Å². The van der Waals surface area contributed by atoms with Crippen molar-refractivity contribution in [1.82, 2.24) is 0 Å². The summed E-state index contributed by atoms with van der Waals surface area (Å²) in [5.74, 6) is -0.113. The van der Waals surface area contributed by atoms with E-state index in [1.54, 1.807) is 7.11 Å². The largest absolute Gasteiger partial charge is 0.478 e. The fraction of sp³-hybridized carbons (Fsp3) is 0.737. The van der Waals surface area contributed by atoms with E-state index in [-0.39, 0.29) is 5.60 Å². The van der Waals surface area contributed by atoms with Crippen LogP contribution in [-0.4, -0.2) is 23.8 Å². The number of hydrogen-bond acceptors (Lipinski definition) is 2. The lowest BCUT2D eigenvalue weighted by atomic mass is 9.92. The Bertz CT molecular complexity index is 444. The fourth-order valence-electron chi connectivity index (χ4n) is 3.13. The van der Waals surface area contributed by atoms with Crippen molar-refractivity contribution in [2.75, 3.05) is 7.11 Å². The molecule has 3 heteroatoms. The molecular formula is C19H32O3. The van der Waals surface area contributed by atoms with Crippen LogP contribution < -0.4 is 0 Å². The van der Waals surface area contributed by atoms with Gasteiger partial charge in [0.15, 0.2) is 0 Å². The Kier molecular flexibility index (Phi) is 7.34. The summed E-state index contributed by atoms with van der Waals surface area (Å²) >= 11 is 0. The van der Waals surface area contributed by atoms with Gasteiger partial charge in [-0.15, -0.1) is 0 Å². The minimum Gasteiger partial charge on any atom is -0.478 e. The highest BCUT2D eigenvalue weighted by atomic mass is 16.5. The average molecular weight is 308 g/mol. The smallest absolute Gasteiger partial charge is 0.331 e. The van der Waals surface area contributed by atoms with Crippen LogP contribution in [0, 0.1) is 5.92 Å². The van der Waals surface area contributed by atoms with Gasteiger partial charge in [-0.1, -0.05) is 38.3 Å². The Morgan fingerprint density at radius 3 is 2.64 bits per heavy atom. The minimum atomic E-state index is -0.759. The van der Waals surface area contributed by atoms with Gasteiger partial charge in [-0.3, -0.25) is 0 Å². The molecular weight excluding hydrogens is 276 g/mol. The molecule has 126 valence electrons. The molecule has 1 N–H and O–H groups in total. The Hall–Kier alpha value is -1.09. The highest BCUT2D eigenvalue weighted by Crippen LogP contribution is 2.32. The van der Waals surface area contributed by atoms with E-state index in [9.17, 15) is 9.90 Å². The summed E-state index contributed by atoms with van der Waals surface area (Å²) < 4.78 is 5.46. The molecule has 1 unspecified atom stereocenters. The zero-order chi connectivity index (χ0) is 16.8. The van der Waals surface area contributed by atoms with Gasteiger partial charge >= 0.3 is 5.97 Å². The molecule has 0 amide bonds. The maximum absolute atomic E-state index is 11.2. The van der Waals surface area contributed by atoms with Gasteiger partial charge in [0.1, 0.15) is 0 Å². The Morgan fingerprint density at radius 1 is 1.41 bits per heavy atom. The second kappa shape index (κ2) is 8.52. The fourth-order valence-corrected chi connectivity index (χ4v) is 3.13. The first-order valence-electron chi connectivity index (χ1n) is 8.49. The van der Waals surface area contributed by atoms with E-state index in [2.05, 4.69) is 26.8 Å². The van der Waals surface area contributed by atoms with Crippen molar-refractivity contribution < 1.29 is 14.6 Å². The molecule has 0 aromatic heterocycles. The summed E-state index contributed by atoms with van der Waals surface area (Å²) in [4.78, 5) is 11.2. The van der Waals surface area contributed by atoms with E-state index in [1.807, 2.05) is 6.92 Å². The van der Waals surface area contributed by atoms with E-state index < -0.39 is 5.97 Å². The van der Waals surface area contributed by atoms with Crippen LogP contribution in [0.5, 0.6) is 0 Å². The summed E-state index contributed by atoms with van der Waals surface area (Å²) in [6, 6.07) is 0. The highest BCUT2D eigenvalue weighted by molar-refractivity contribution is 5.88. The average Bonchev–Trinajstić information content (AvgIpc) is 2.87. The van der Waals surface area contributed by atoms with Gasteiger partial charge in [-0.05, 0) is 57.4 Å². The zero-order valence-corrected chi connectivity index (χ0v) is 14.9. The first-order chi connectivity index (χ1) is 10.3. The van der Waals surface area contributed by atoms with Gasteiger partial charge in [0.25, 0.3) is 0 Å². The van der Waals surface area contributed by atoms with Crippen molar-refractivity contribution in [3.8, 4) is 0 Å². The molecule has 0 radical (unpaired) electrons. The van der Waals surface area contributed by atoms with Crippen molar-refractivity contribution in [2.24, 2.45) is 5.92 Å². The Labute approximate surface area is 135 Å². The number of aliphatic carboxylic acids is 1. The number of rotatable bonds is 9. The number of allylic oxidation sites excluding steroid dienone is 3. The molecule has 1 atom stereocenters. The molecule has 0 spiro atoms. The third kappa shape index (κ3) is 5.96. The van der Waals surface area contributed by atoms with Gasteiger partial charge in [-0.2, -0.15) is 0 Å². The van der Waals surface area contributed by atoms with Crippen molar-refractivity contribution in [2.45, 2.75) is 78.2 Å². The predicted molar refractivity (Wildman–Crippen MR) is 91.0 cm³/mol. The van der Waals surface area contributed by atoms with E-state index >= 15 is 0 Å². The van der Waals surface area contributed by atoms with Crippen LogP contribution in [0.15, 0.2) is 22.8 Å². The number of carboxylic acid groups (broad SMARTS) is 1. The van der Waals surface area contributed by atoms with Gasteiger partial charge in [-0.25, -0.2) is 4.79 Å². The quantitative estimate of drug-likeness (QED) is 0.601. The van der Waals surface area contributed by atoms with Crippen LogP contribution in [0.2, 0.25) is 0 Å². The monoisotopic (exact) mass is 308 g/mol. The summed E-state index contributed by atoms with van der Waals surface area (Å²) in [7, 11) is 1.77. The van der Waals surface area contributed by atoms with Gasteiger partial charge in [0.2, 0.25) is 0 Å². The number of carboxylic acids is 1. The van der Waals surface area contributed by atoms with Gasteiger partial charge in [0.05, 0.1) is 5.60 Å². The number of carbonyl (C=O) groups is 1. The maximum atomic E-state index is 11.2.